The molecule has 0 bridgehead atoms. The molecule has 0 aliphatic rings. The minimum absolute atomic E-state index is 0.174. The van der Waals surface area contributed by atoms with Crippen molar-refractivity contribution >= 4 is 28.6 Å². The van der Waals surface area contributed by atoms with Gasteiger partial charge in [0, 0.05) is 24.4 Å². The van der Waals surface area contributed by atoms with Crippen molar-refractivity contribution in [2.75, 3.05) is 0 Å². The van der Waals surface area contributed by atoms with Crippen LogP contribution < -0.4 is 0 Å². The first-order chi connectivity index (χ1) is 8.61. The molecule has 0 radical (unpaired) electrons. The number of hydrogen-bond acceptors (Lipinski definition) is 2. The number of aromatic nitrogens is 2. The number of hydrogen-bond donors (Lipinski definition) is 1. The van der Waals surface area contributed by atoms with Crippen molar-refractivity contribution in [3.05, 3.63) is 29.0 Å². The fourth-order valence-electron chi connectivity index (χ4n) is 2.09. The molecule has 0 spiro atoms. The monoisotopic (exact) mass is 266 g/mol. The van der Waals surface area contributed by atoms with Crippen molar-refractivity contribution in [2.24, 2.45) is 0 Å². The van der Waals surface area contributed by atoms with Crippen LogP contribution in [0, 0.1) is 0 Å². The van der Waals surface area contributed by atoms with E-state index in [-0.39, 0.29) is 6.42 Å². The van der Waals surface area contributed by atoms with E-state index < -0.39 is 5.97 Å². The first-order valence-electron chi connectivity index (χ1n) is 5.98. The Hall–Kier alpha value is -1.55. The Morgan fingerprint density at radius 3 is 2.94 bits per heavy atom. The van der Waals surface area contributed by atoms with Crippen LogP contribution in [0.5, 0.6) is 0 Å². The number of carboxylic acids is 1. The van der Waals surface area contributed by atoms with Crippen LogP contribution in [-0.2, 0) is 17.8 Å². The molecule has 1 aromatic carbocycles. The number of aryl methyl sites for hydroxylation is 2. The number of carboxylic acid groups (broad SMARTS) is 1. The highest BCUT2D eigenvalue weighted by Gasteiger charge is 2.10. The van der Waals surface area contributed by atoms with Crippen molar-refractivity contribution < 1.29 is 9.90 Å². The van der Waals surface area contributed by atoms with E-state index >= 15 is 0 Å². The van der Waals surface area contributed by atoms with E-state index in [9.17, 15) is 4.79 Å². The molecule has 1 N–H and O–H groups in total. The van der Waals surface area contributed by atoms with Crippen LogP contribution in [0.1, 0.15) is 25.6 Å². The molecule has 1 aromatic heterocycles. The Bertz CT molecular complexity index is 578. The van der Waals surface area contributed by atoms with E-state index in [0.717, 1.165) is 23.4 Å². The predicted octanol–water partition coefficient (Wildman–Crippen LogP) is 3.12. The zero-order valence-corrected chi connectivity index (χ0v) is 10.9. The lowest BCUT2D eigenvalue weighted by atomic mass is 10.2. The van der Waals surface area contributed by atoms with E-state index in [1.54, 1.807) is 0 Å². The number of carbonyl (C=O) groups is 1. The minimum Gasteiger partial charge on any atom is -0.481 e. The van der Waals surface area contributed by atoms with Crippen LogP contribution in [0.4, 0.5) is 0 Å². The highest BCUT2D eigenvalue weighted by molar-refractivity contribution is 6.31. The van der Waals surface area contributed by atoms with Crippen molar-refractivity contribution in [1.82, 2.24) is 9.55 Å². The van der Waals surface area contributed by atoms with Gasteiger partial charge in [0.2, 0.25) is 0 Å². The number of imidazole rings is 1. The summed E-state index contributed by atoms with van der Waals surface area (Å²) in [5.41, 5.74) is 1.92. The normalized spacial score (nSPS) is 11.0. The first-order valence-corrected chi connectivity index (χ1v) is 6.36. The van der Waals surface area contributed by atoms with Crippen molar-refractivity contribution in [1.29, 1.82) is 0 Å². The third kappa shape index (κ3) is 2.64. The van der Waals surface area contributed by atoms with E-state index in [1.807, 2.05) is 18.2 Å². The summed E-state index contributed by atoms with van der Waals surface area (Å²) >= 11 is 5.94. The summed E-state index contributed by atoms with van der Waals surface area (Å²) in [7, 11) is 0. The molecular formula is C13H15ClN2O2. The van der Waals surface area contributed by atoms with Gasteiger partial charge in [0.15, 0.2) is 0 Å². The van der Waals surface area contributed by atoms with E-state index in [0.29, 0.717) is 17.9 Å². The molecule has 0 unspecified atom stereocenters. The Morgan fingerprint density at radius 1 is 1.50 bits per heavy atom. The molecule has 2 aromatic rings. The van der Waals surface area contributed by atoms with Gasteiger partial charge in [0.05, 0.1) is 11.0 Å². The van der Waals surface area contributed by atoms with Crippen LogP contribution >= 0.6 is 11.6 Å². The van der Waals surface area contributed by atoms with E-state index in [4.69, 9.17) is 16.7 Å². The average Bonchev–Trinajstić information content (AvgIpc) is 2.65. The summed E-state index contributed by atoms with van der Waals surface area (Å²) in [6, 6.07) is 5.64. The Labute approximate surface area is 110 Å². The van der Waals surface area contributed by atoms with Gasteiger partial charge in [0.25, 0.3) is 0 Å². The third-order valence-corrected chi connectivity index (χ3v) is 3.13. The van der Waals surface area contributed by atoms with Crippen molar-refractivity contribution in [3.63, 3.8) is 0 Å². The summed E-state index contributed by atoms with van der Waals surface area (Å²) in [6.07, 6.45) is 1.45. The molecule has 0 aliphatic heterocycles. The maximum atomic E-state index is 10.5. The first kappa shape index (κ1) is 12.9. The zero-order valence-electron chi connectivity index (χ0n) is 10.2. The third-order valence-electron chi connectivity index (χ3n) is 2.90. The van der Waals surface area contributed by atoms with Crippen molar-refractivity contribution in [3.8, 4) is 0 Å². The topological polar surface area (TPSA) is 55.1 Å². The smallest absolute Gasteiger partial charge is 0.303 e. The SMILES string of the molecule is CCn1c(CCCC(=O)O)nc2cc(Cl)ccc21. The maximum absolute atomic E-state index is 10.5. The lowest BCUT2D eigenvalue weighted by molar-refractivity contribution is -0.137. The van der Waals surface area contributed by atoms with Gasteiger partial charge < -0.3 is 9.67 Å². The maximum Gasteiger partial charge on any atom is 0.303 e. The van der Waals surface area contributed by atoms with Gasteiger partial charge in [-0.25, -0.2) is 4.98 Å². The highest BCUT2D eigenvalue weighted by atomic mass is 35.5. The zero-order chi connectivity index (χ0) is 13.1. The average molecular weight is 267 g/mol. The van der Waals surface area contributed by atoms with Crippen molar-refractivity contribution in [2.45, 2.75) is 32.7 Å². The van der Waals surface area contributed by atoms with Gasteiger partial charge in [-0.15, -0.1) is 0 Å². The second kappa shape index (κ2) is 5.40. The largest absolute Gasteiger partial charge is 0.481 e. The summed E-state index contributed by atoms with van der Waals surface area (Å²) in [5.74, 6) is 0.160. The molecule has 0 amide bonds. The van der Waals surface area contributed by atoms with Gasteiger partial charge in [-0.05, 0) is 31.5 Å². The van der Waals surface area contributed by atoms with Crippen LogP contribution in [0.25, 0.3) is 11.0 Å². The molecule has 4 nitrogen and oxygen atoms in total. The standard InChI is InChI=1S/C13H15ClN2O2/c1-2-16-11-7-6-9(14)8-10(11)15-12(16)4-3-5-13(17)18/h6-8H,2-5H2,1H3,(H,17,18). The summed E-state index contributed by atoms with van der Waals surface area (Å²) in [4.78, 5) is 15.0. The second-order valence-electron chi connectivity index (χ2n) is 4.15. The molecule has 18 heavy (non-hydrogen) atoms. The molecule has 0 saturated heterocycles. The van der Waals surface area contributed by atoms with Crippen LogP contribution in [-0.4, -0.2) is 20.6 Å². The van der Waals surface area contributed by atoms with Crippen LogP contribution in [0.2, 0.25) is 5.02 Å². The Morgan fingerprint density at radius 2 is 2.28 bits per heavy atom. The lowest BCUT2D eigenvalue weighted by Crippen LogP contribution is -2.03. The molecule has 5 heteroatoms. The van der Waals surface area contributed by atoms with Gasteiger partial charge in [0.1, 0.15) is 5.82 Å². The molecule has 96 valence electrons. The van der Waals surface area contributed by atoms with E-state index in [1.165, 1.54) is 0 Å². The molecule has 2 rings (SSSR count). The molecular weight excluding hydrogens is 252 g/mol. The number of fused-ring (bicyclic) bond motifs is 1. The fourth-order valence-corrected chi connectivity index (χ4v) is 2.26. The second-order valence-corrected chi connectivity index (χ2v) is 4.59. The predicted molar refractivity (Wildman–Crippen MR) is 71.0 cm³/mol. The summed E-state index contributed by atoms with van der Waals surface area (Å²) < 4.78 is 2.10. The minimum atomic E-state index is -0.766. The Balaban J connectivity index is 2.29. The summed E-state index contributed by atoms with van der Waals surface area (Å²) in [5, 5.41) is 9.32. The number of aliphatic carboxylic acids is 1. The van der Waals surface area contributed by atoms with Gasteiger partial charge in [-0.3, -0.25) is 4.79 Å². The number of nitrogens with zero attached hydrogens (tertiary/aromatic N) is 2. The van der Waals surface area contributed by atoms with Gasteiger partial charge >= 0.3 is 5.97 Å². The lowest BCUT2D eigenvalue weighted by Gasteiger charge is -2.05. The number of rotatable bonds is 5. The molecule has 0 fully saturated rings. The van der Waals surface area contributed by atoms with Gasteiger partial charge in [-0.2, -0.15) is 0 Å². The molecule has 0 atom stereocenters. The quantitative estimate of drug-likeness (QED) is 0.905. The Kier molecular flexibility index (Phi) is 3.87. The molecule has 0 saturated carbocycles. The van der Waals surface area contributed by atoms with E-state index in [2.05, 4.69) is 16.5 Å². The van der Waals surface area contributed by atoms with Gasteiger partial charge in [-0.1, -0.05) is 11.6 Å². The number of halogens is 1. The fraction of sp³-hybridized carbons (Fsp3) is 0.385. The molecule has 0 aliphatic carbocycles. The highest BCUT2D eigenvalue weighted by Crippen LogP contribution is 2.21. The van der Waals surface area contributed by atoms with Crippen LogP contribution in [0.3, 0.4) is 0 Å². The number of benzene rings is 1. The van der Waals surface area contributed by atoms with Crippen LogP contribution in [0.15, 0.2) is 18.2 Å². The summed E-state index contributed by atoms with van der Waals surface area (Å²) in [6.45, 7) is 2.87. The molecule has 1 heterocycles.